The van der Waals surface area contributed by atoms with Crippen LogP contribution in [-0.4, -0.2) is 27.0 Å². The fourth-order valence-corrected chi connectivity index (χ4v) is 3.74. The molecule has 0 saturated heterocycles. The van der Waals surface area contributed by atoms with E-state index in [-0.39, 0.29) is 36.9 Å². The Bertz CT molecular complexity index is 898. The van der Waals surface area contributed by atoms with E-state index < -0.39 is 12.2 Å². The zero-order chi connectivity index (χ0) is 18.2. The quantitative estimate of drug-likeness (QED) is 0.734. The molecule has 2 aromatic rings. The van der Waals surface area contributed by atoms with Gasteiger partial charge in [-0.1, -0.05) is 32.5 Å². The molecule has 26 heavy (non-hydrogen) atoms. The molecular formula is C18H21FN4OS2. The summed E-state index contributed by atoms with van der Waals surface area (Å²) in [6.45, 7) is 5.98. The number of nitriles is 1. The second-order valence-corrected chi connectivity index (χ2v) is 8.15. The van der Waals surface area contributed by atoms with E-state index in [4.69, 9.17) is 0 Å². The number of hydrogen-bond donors (Lipinski definition) is 0. The smallest absolute Gasteiger partial charge is 0.272 e. The fourth-order valence-electron chi connectivity index (χ4n) is 2.69. The number of hydrogen-bond acceptors (Lipinski definition) is 5. The van der Waals surface area contributed by atoms with Crippen LogP contribution in [0.5, 0.6) is 0 Å². The first kappa shape index (κ1) is 20.5. The van der Waals surface area contributed by atoms with Crippen molar-refractivity contribution in [3.63, 3.8) is 0 Å². The van der Waals surface area contributed by atoms with E-state index in [1.54, 1.807) is 6.20 Å². The third-order valence-electron chi connectivity index (χ3n) is 4.16. The normalized spacial score (nSPS) is 16.3. The minimum Gasteiger partial charge on any atom is -0.286 e. The number of rotatable bonds is 2. The van der Waals surface area contributed by atoms with Crippen molar-refractivity contribution in [2.24, 2.45) is 5.92 Å². The Labute approximate surface area is 163 Å². The van der Waals surface area contributed by atoms with Crippen LogP contribution in [0.2, 0.25) is 0 Å². The molecule has 0 aliphatic carbocycles. The molecule has 0 saturated carbocycles. The highest BCUT2D eigenvalue weighted by atomic mass is 32.2. The lowest BCUT2D eigenvalue weighted by molar-refractivity contribution is 0.330. The molecule has 1 aliphatic heterocycles. The van der Waals surface area contributed by atoms with Crippen LogP contribution in [0.15, 0.2) is 28.3 Å². The number of thioether (sulfide) groups is 1. The van der Waals surface area contributed by atoms with Crippen LogP contribution < -0.4 is 5.56 Å². The molecule has 0 bridgehead atoms. The molecule has 0 fully saturated rings. The molecule has 0 N–H and O–H groups in total. The SMILES string of the molecule is CC(C)(C)c1ccc(-c2nc3n(c(=O)c2C#N)C[C@H](CF)CS3)cn1.S. The molecule has 1 aliphatic rings. The standard InChI is InChI=1S/C18H19FN4OS.H2S/c1-18(2,3)14-5-4-12(8-21-14)15-13(7-20)16(24)23-9-11(6-19)10-25-17(23)22-15;/h4-5,8,11H,6,9-10H2,1-3H3;1H2/t11-;/m0./s1. The first-order chi connectivity index (χ1) is 11.8. The minimum atomic E-state index is -0.485. The molecular weight excluding hydrogens is 371 g/mol. The van der Waals surface area contributed by atoms with Crippen LogP contribution in [0, 0.1) is 17.2 Å². The van der Waals surface area contributed by atoms with Gasteiger partial charge in [-0.25, -0.2) is 4.98 Å². The lowest BCUT2D eigenvalue weighted by Gasteiger charge is -2.23. The van der Waals surface area contributed by atoms with Crippen LogP contribution >= 0.6 is 25.3 Å². The van der Waals surface area contributed by atoms with Gasteiger partial charge in [0.1, 0.15) is 11.6 Å². The highest BCUT2D eigenvalue weighted by Gasteiger charge is 2.25. The van der Waals surface area contributed by atoms with Crippen molar-refractivity contribution >= 4 is 25.3 Å². The van der Waals surface area contributed by atoms with Gasteiger partial charge in [-0.3, -0.25) is 18.7 Å². The summed E-state index contributed by atoms with van der Waals surface area (Å²) in [6, 6.07) is 5.69. The van der Waals surface area contributed by atoms with Gasteiger partial charge in [0, 0.05) is 41.1 Å². The van der Waals surface area contributed by atoms with Crippen molar-refractivity contribution in [3.05, 3.63) is 39.9 Å². The summed E-state index contributed by atoms with van der Waals surface area (Å²) in [5.74, 6) is 0.359. The summed E-state index contributed by atoms with van der Waals surface area (Å²) in [5, 5.41) is 10.00. The zero-order valence-electron chi connectivity index (χ0n) is 14.9. The number of nitrogens with zero attached hydrogens (tertiary/aromatic N) is 4. The number of fused-ring (bicyclic) bond motifs is 1. The van der Waals surface area contributed by atoms with Crippen LogP contribution in [0.3, 0.4) is 0 Å². The molecule has 0 aromatic carbocycles. The van der Waals surface area contributed by atoms with Crippen molar-refractivity contribution < 1.29 is 4.39 Å². The molecule has 138 valence electrons. The van der Waals surface area contributed by atoms with E-state index in [1.807, 2.05) is 18.2 Å². The maximum atomic E-state index is 12.9. The van der Waals surface area contributed by atoms with Gasteiger partial charge < -0.3 is 0 Å². The van der Waals surface area contributed by atoms with Crippen molar-refractivity contribution in [2.75, 3.05) is 12.4 Å². The predicted molar refractivity (Wildman–Crippen MR) is 106 cm³/mol. The van der Waals surface area contributed by atoms with Gasteiger partial charge in [0.15, 0.2) is 5.16 Å². The summed E-state index contributed by atoms with van der Waals surface area (Å²) in [6.07, 6.45) is 1.65. The summed E-state index contributed by atoms with van der Waals surface area (Å²) >= 11 is 1.35. The van der Waals surface area contributed by atoms with Crippen molar-refractivity contribution in [1.82, 2.24) is 14.5 Å². The minimum absolute atomic E-state index is 0. The summed E-state index contributed by atoms with van der Waals surface area (Å²) in [5.41, 5.74) is 1.39. The predicted octanol–water partition coefficient (Wildman–Crippen LogP) is 3.28. The topological polar surface area (TPSA) is 71.6 Å². The molecule has 0 radical (unpaired) electrons. The highest BCUT2D eigenvalue weighted by Crippen LogP contribution is 2.29. The largest absolute Gasteiger partial charge is 0.286 e. The average Bonchev–Trinajstić information content (AvgIpc) is 2.60. The van der Waals surface area contributed by atoms with Gasteiger partial charge in [-0.05, 0) is 12.1 Å². The highest BCUT2D eigenvalue weighted by molar-refractivity contribution is 7.99. The molecule has 1 atom stereocenters. The Morgan fingerprint density at radius 2 is 2.15 bits per heavy atom. The van der Waals surface area contributed by atoms with E-state index in [2.05, 4.69) is 30.7 Å². The molecule has 0 unspecified atom stereocenters. The number of halogens is 1. The van der Waals surface area contributed by atoms with E-state index in [0.29, 0.717) is 22.2 Å². The van der Waals surface area contributed by atoms with E-state index in [0.717, 1.165) is 5.69 Å². The van der Waals surface area contributed by atoms with Gasteiger partial charge in [-0.15, -0.1) is 0 Å². The Hall–Kier alpha value is -1.85. The molecule has 3 heterocycles. The Balaban J connectivity index is 0.00000243. The lowest BCUT2D eigenvalue weighted by Crippen LogP contribution is -2.33. The molecule has 2 aromatic heterocycles. The molecule has 8 heteroatoms. The van der Waals surface area contributed by atoms with Crippen LogP contribution in [-0.2, 0) is 12.0 Å². The number of aromatic nitrogens is 3. The van der Waals surface area contributed by atoms with Crippen molar-refractivity contribution in [3.8, 4) is 17.3 Å². The third kappa shape index (κ3) is 3.79. The molecule has 0 amide bonds. The van der Waals surface area contributed by atoms with Gasteiger partial charge in [0.25, 0.3) is 5.56 Å². The summed E-state index contributed by atoms with van der Waals surface area (Å²) in [4.78, 5) is 21.6. The number of alkyl halides is 1. The van der Waals surface area contributed by atoms with Crippen LogP contribution in [0.4, 0.5) is 4.39 Å². The Morgan fingerprint density at radius 3 is 2.69 bits per heavy atom. The maximum absolute atomic E-state index is 12.9. The van der Waals surface area contributed by atoms with Crippen molar-refractivity contribution in [1.29, 1.82) is 5.26 Å². The van der Waals surface area contributed by atoms with E-state index in [1.165, 1.54) is 16.3 Å². The zero-order valence-corrected chi connectivity index (χ0v) is 16.7. The first-order valence-corrected chi connectivity index (χ1v) is 9.04. The van der Waals surface area contributed by atoms with Crippen molar-refractivity contribution in [2.45, 2.75) is 37.9 Å². The van der Waals surface area contributed by atoms with Crippen LogP contribution in [0.1, 0.15) is 32.0 Å². The summed E-state index contributed by atoms with van der Waals surface area (Å²) < 4.78 is 14.4. The number of pyridine rings is 1. The second kappa shape index (κ2) is 7.80. The Kier molecular flexibility index (Phi) is 6.14. The fraction of sp³-hybridized carbons (Fsp3) is 0.444. The first-order valence-electron chi connectivity index (χ1n) is 8.05. The average molecular weight is 393 g/mol. The summed E-state index contributed by atoms with van der Waals surface area (Å²) in [7, 11) is 0. The maximum Gasteiger partial charge on any atom is 0.272 e. The molecule has 3 rings (SSSR count). The van der Waals surface area contributed by atoms with E-state index in [9.17, 15) is 14.4 Å². The van der Waals surface area contributed by atoms with Gasteiger partial charge in [-0.2, -0.15) is 18.8 Å². The molecule has 0 spiro atoms. The third-order valence-corrected chi connectivity index (χ3v) is 5.37. The molecule has 5 nitrogen and oxygen atoms in total. The lowest BCUT2D eigenvalue weighted by atomic mass is 9.91. The second-order valence-electron chi connectivity index (χ2n) is 7.16. The van der Waals surface area contributed by atoms with E-state index >= 15 is 0 Å². The van der Waals surface area contributed by atoms with Gasteiger partial charge >= 0.3 is 0 Å². The van der Waals surface area contributed by atoms with Crippen LogP contribution in [0.25, 0.3) is 11.3 Å². The Morgan fingerprint density at radius 1 is 1.42 bits per heavy atom. The van der Waals surface area contributed by atoms with Gasteiger partial charge in [0.2, 0.25) is 0 Å². The van der Waals surface area contributed by atoms with Gasteiger partial charge in [0.05, 0.1) is 12.4 Å². The monoisotopic (exact) mass is 392 g/mol.